The predicted molar refractivity (Wildman–Crippen MR) is 61.6 cm³/mol. The number of hydrogen-bond acceptors (Lipinski definition) is 1. The van der Waals surface area contributed by atoms with Gasteiger partial charge in [0.15, 0.2) is 0 Å². The zero-order chi connectivity index (χ0) is 12.9. The molecule has 1 heterocycles. The molecule has 0 unspecified atom stereocenters. The molecule has 5 heteroatoms. The minimum Gasteiger partial charge on any atom is -0.350 e. The van der Waals surface area contributed by atoms with Gasteiger partial charge in [-0.15, -0.1) is 0 Å². The van der Waals surface area contributed by atoms with Crippen LogP contribution in [0, 0.1) is 5.92 Å². The molecule has 0 saturated heterocycles. The minimum atomic E-state index is -4.09. The topological polar surface area (TPSA) is 17.0 Å². The zero-order valence-electron chi connectivity index (χ0n) is 10.2. The van der Waals surface area contributed by atoms with E-state index in [4.69, 9.17) is 0 Å². The number of hydrogen-bond donors (Lipinski definition) is 1. The lowest BCUT2D eigenvalue weighted by Crippen LogP contribution is -2.21. The molecule has 1 N–H and O–H groups in total. The van der Waals surface area contributed by atoms with Gasteiger partial charge in [-0.25, -0.2) is 0 Å². The van der Waals surface area contributed by atoms with Crippen molar-refractivity contribution in [1.82, 2.24) is 9.88 Å². The molecule has 0 aliphatic carbocycles. The van der Waals surface area contributed by atoms with Crippen molar-refractivity contribution < 1.29 is 13.2 Å². The van der Waals surface area contributed by atoms with Crippen LogP contribution < -0.4 is 5.32 Å². The summed E-state index contributed by atoms with van der Waals surface area (Å²) in [5, 5.41) is 3.22. The van der Waals surface area contributed by atoms with Crippen molar-refractivity contribution in [3.63, 3.8) is 0 Å². The Labute approximate surface area is 99.8 Å². The molecule has 0 bridgehead atoms. The zero-order valence-corrected chi connectivity index (χ0v) is 10.2. The van der Waals surface area contributed by atoms with E-state index in [1.165, 1.54) is 0 Å². The van der Waals surface area contributed by atoms with Crippen molar-refractivity contribution in [3.8, 4) is 0 Å². The number of nitrogens with one attached hydrogen (secondary N) is 1. The van der Waals surface area contributed by atoms with Crippen LogP contribution in [0.5, 0.6) is 0 Å². The van der Waals surface area contributed by atoms with Crippen molar-refractivity contribution in [1.29, 1.82) is 0 Å². The third-order valence-electron chi connectivity index (χ3n) is 2.42. The largest absolute Gasteiger partial charge is 0.390 e. The van der Waals surface area contributed by atoms with Crippen LogP contribution in [0.1, 0.15) is 26.0 Å². The normalized spacial score (nSPS) is 12.4. The van der Waals surface area contributed by atoms with Crippen molar-refractivity contribution >= 4 is 0 Å². The van der Waals surface area contributed by atoms with E-state index >= 15 is 0 Å². The van der Waals surface area contributed by atoms with Crippen LogP contribution in [0.25, 0.3) is 0 Å². The summed E-state index contributed by atoms with van der Waals surface area (Å²) in [6.07, 6.45) is -3.18. The average Bonchev–Trinajstić information content (AvgIpc) is 2.61. The van der Waals surface area contributed by atoms with Crippen LogP contribution in [-0.2, 0) is 13.1 Å². The Hall–Kier alpha value is -0.970. The Morgan fingerprint density at radius 2 is 2.06 bits per heavy atom. The molecule has 1 aromatic heterocycles. The molecule has 1 rings (SSSR count). The third kappa shape index (κ3) is 5.77. The first-order valence-corrected chi connectivity index (χ1v) is 5.80. The van der Waals surface area contributed by atoms with E-state index in [1.807, 2.05) is 6.07 Å². The molecule has 98 valence electrons. The summed E-state index contributed by atoms with van der Waals surface area (Å²) >= 11 is 0. The number of nitrogens with zero attached hydrogens (tertiary/aromatic N) is 1. The van der Waals surface area contributed by atoms with E-state index < -0.39 is 12.6 Å². The van der Waals surface area contributed by atoms with Crippen LogP contribution in [-0.4, -0.2) is 17.3 Å². The number of rotatable bonds is 6. The molecular weight excluding hydrogens is 229 g/mol. The van der Waals surface area contributed by atoms with Gasteiger partial charge in [0.1, 0.15) is 0 Å². The van der Waals surface area contributed by atoms with Gasteiger partial charge >= 0.3 is 6.18 Å². The standard InChI is InChI=1S/C12H19F3N2/c1-10(2)8-16-9-11-4-3-6-17(11)7-5-12(13,14)15/h3-4,6,10,16H,5,7-9H2,1-2H3. The van der Waals surface area contributed by atoms with Gasteiger partial charge in [-0.3, -0.25) is 0 Å². The maximum Gasteiger partial charge on any atom is 0.390 e. The molecule has 0 spiro atoms. The Morgan fingerprint density at radius 3 is 2.65 bits per heavy atom. The highest BCUT2D eigenvalue weighted by Gasteiger charge is 2.26. The van der Waals surface area contributed by atoms with E-state index in [0.717, 1.165) is 12.2 Å². The predicted octanol–water partition coefficient (Wildman–Crippen LogP) is 3.19. The van der Waals surface area contributed by atoms with Crippen molar-refractivity contribution in [3.05, 3.63) is 24.0 Å². The van der Waals surface area contributed by atoms with Gasteiger partial charge in [0, 0.05) is 25.0 Å². The molecule has 0 atom stereocenters. The highest BCUT2D eigenvalue weighted by Crippen LogP contribution is 2.20. The fraction of sp³-hybridized carbons (Fsp3) is 0.667. The number of aryl methyl sites for hydroxylation is 1. The van der Waals surface area contributed by atoms with E-state index in [2.05, 4.69) is 19.2 Å². The van der Waals surface area contributed by atoms with Gasteiger partial charge in [-0.1, -0.05) is 13.8 Å². The van der Waals surface area contributed by atoms with Crippen LogP contribution in [0.3, 0.4) is 0 Å². The summed E-state index contributed by atoms with van der Waals surface area (Å²) in [6, 6.07) is 3.63. The first-order valence-electron chi connectivity index (χ1n) is 5.80. The second-order valence-corrected chi connectivity index (χ2v) is 4.58. The average molecular weight is 248 g/mol. The fourth-order valence-electron chi connectivity index (χ4n) is 1.56. The summed E-state index contributed by atoms with van der Waals surface area (Å²) in [7, 11) is 0. The molecule has 0 saturated carbocycles. The van der Waals surface area contributed by atoms with Crippen LogP contribution in [0.4, 0.5) is 13.2 Å². The van der Waals surface area contributed by atoms with Crippen LogP contribution >= 0.6 is 0 Å². The lowest BCUT2D eigenvalue weighted by atomic mass is 10.2. The van der Waals surface area contributed by atoms with E-state index in [9.17, 15) is 13.2 Å². The Kier molecular flexibility index (Phi) is 5.05. The SMILES string of the molecule is CC(C)CNCc1cccn1CCC(F)(F)F. The molecular formula is C12H19F3N2. The Bertz CT molecular complexity index is 329. The van der Waals surface area contributed by atoms with Crippen molar-refractivity contribution in [2.45, 2.75) is 39.5 Å². The second-order valence-electron chi connectivity index (χ2n) is 4.58. The minimum absolute atomic E-state index is 0.00477. The van der Waals surface area contributed by atoms with Gasteiger partial charge in [0.25, 0.3) is 0 Å². The lowest BCUT2D eigenvalue weighted by molar-refractivity contribution is -0.136. The summed E-state index contributed by atoms with van der Waals surface area (Å²) in [5.74, 6) is 0.536. The van der Waals surface area contributed by atoms with Crippen LogP contribution in [0.2, 0.25) is 0 Å². The summed E-state index contributed by atoms with van der Waals surface area (Å²) in [5.41, 5.74) is 0.898. The number of aromatic nitrogens is 1. The summed E-state index contributed by atoms with van der Waals surface area (Å²) in [4.78, 5) is 0. The molecule has 0 amide bonds. The monoisotopic (exact) mass is 248 g/mol. The van der Waals surface area contributed by atoms with Crippen molar-refractivity contribution in [2.75, 3.05) is 6.54 Å². The Morgan fingerprint density at radius 1 is 1.35 bits per heavy atom. The smallest absolute Gasteiger partial charge is 0.350 e. The third-order valence-corrected chi connectivity index (χ3v) is 2.42. The first-order chi connectivity index (χ1) is 7.88. The van der Waals surface area contributed by atoms with E-state index in [-0.39, 0.29) is 6.54 Å². The fourth-order valence-corrected chi connectivity index (χ4v) is 1.56. The van der Waals surface area contributed by atoms with Gasteiger partial charge in [0.05, 0.1) is 6.42 Å². The van der Waals surface area contributed by atoms with E-state index in [0.29, 0.717) is 12.5 Å². The molecule has 17 heavy (non-hydrogen) atoms. The summed E-state index contributed by atoms with van der Waals surface area (Å²) in [6.45, 7) is 5.66. The highest BCUT2D eigenvalue weighted by atomic mass is 19.4. The van der Waals surface area contributed by atoms with Crippen molar-refractivity contribution in [2.24, 2.45) is 5.92 Å². The molecule has 0 aliphatic heterocycles. The molecule has 0 fully saturated rings. The maximum absolute atomic E-state index is 12.1. The lowest BCUT2D eigenvalue weighted by Gasteiger charge is -2.12. The molecule has 0 radical (unpaired) electrons. The van der Waals surface area contributed by atoms with E-state index in [1.54, 1.807) is 16.8 Å². The quantitative estimate of drug-likeness (QED) is 0.818. The second kappa shape index (κ2) is 6.10. The molecule has 0 aliphatic rings. The van der Waals surface area contributed by atoms with Gasteiger partial charge in [0.2, 0.25) is 0 Å². The Balaban J connectivity index is 2.43. The van der Waals surface area contributed by atoms with Gasteiger partial charge in [-0.2, -0.15) is 13.2 Å². The molecule has 2 nitrogen and oxygen atoms in total. The number of halogens is 3. The first kappa shape index (κ1) is 14.1. The van der Waals surface area contributed by atoms with Gasteiger partial charge in [-0.05, 0) is 24.6 Å². The maximum atomic E-state index is 12.1. The highest BCUT2D eigenvalue weighted by molar-refractivity contribution is 5.06. The van der Waals surface area contributed by atoms with Crippen LogP contribution in [0.15, 0.2) is 18.3 Å². The number of alkyl halides is 3. The molecule has 1 aromatic rings. The van der Waals surface area contributed by atoms with Gasteiger partial charge < -0.3 is 9.88 Å². The molecule has 0 aromatic carbocycles. The summed E-state index contributed by atoms with van der Waals surface area (Å²) < 4.78 is 38.0.